The highest BCUT2D eigenvalue weighted by Gasteiger charge is 2.32. The van der Waals surface area contributed by atoms with Crippen LogP contribution >= 0.6 is 0 Å². The highest BCUT2D eigenvalue weighted by atomic mass is 16.5. The average Bonchev–Trinajstić information content (AvgIpc) is 3.37. The van der Waals surface area contributed by atoms with Crippen LogP contribution in [0.2, 0.25) is 0 Å². The number of aromatic amines is 1. The van der Waals surface area contributed by atoms with E-state index in [4.69, 9.17) is 4.74 Å². The fraction of sp³-hybridized carbons (Fsp3) is 0.389. The molecule has 2 heterocycles. The van der Waals surface area contributed by atoms with Crippen molar-refractivity contribution in [1.29, 1.82) is 0 Å². The number of nitrogens with one attached hydrogen (secondary N) is 2. The number of amides is 2. The predicted octanol–water partition coefficient (Wildman–Crippen LogP) is 1.12. The summed E-state index contributed by atoms with van der Waals surface area (Å²) in [6.45, 7) is 0.835. The van der Waals surface area contributed by atoms with E-state index < -0.39 is 17.8 Å². The van der Waals surface area contributed by atoms with E-state index in [0.717, 1.165) is 35.0 Å². The summed E-state index contributed by atoms with van der Waals surface area (Å²) in [4.78, 5) is 41.2. The number of aromatic nitrogens is 1. The molecule has 2 amide bonds. The maximum absolute atomic E-state index is 12.4. The average molecular weight is 341 g/mol. The van der Waals surface area contributed by atoms with Gasteiger partial charge in [0, 0.05) is 42.2 Å². The third-order valence-corrected chi connectivity index (χ3v) is 4.81. The first-order valence-electron chi connectivity index (χ1n) is 8.39. The minimum absolute atomic E-state index is 0.160. The number of hydrogen-bond acceptors (Lipinski definition) is 4. The monoisotopic (exact) mass is 341 g/mol. The Morgan fingerprint density at radius 1 is 1.28 bits per heavy atom. The van der Waals surface area contributed by atoms with Crippen molar-refractivity contribution in [3.8, 4) is 0 Å². The number of benzene rings is 1. The van der Waals surface area contributed by atoms with E-state index in [9.17, 15) is 14.4 Å². The molecule has 2 aromatic rings. The van der Waals surface area contributed by atoms with Gasteiger partial charge in [0.1, 0.15) is 0 Å². The Morgan fingerprint density at radius 3 is 2.80 bits per heavy atom. The summed E-state index contributed by atoms with van der Waals surface area (Å²) in [7, 11) is 1.35. The van der Waals surface area contributed by atoms with Crippen molar-refractivity contribution in [2.24, 2.45) is 0 Å². The molecule has 2 aliphatic rings. The third kappa shape index (κ3) is 2.75. The van der Waals surface area contributed by atoms with Crippen LogP contribution in [0, 0.1) is 0 Å². The number of para-hydroxylation sites is 1. The van der Waals surface area contributed by atoms with Crippen molar-refractivity contribution in [1.82, 2.24) is 15.2 Å². The van der Waals surface area contributed by atoms with Crippen molar-refractivity contribution in [2.75, 3.05) is 13.7 Å². The highest BCUT2D eigenvalue weighted by molar-refractivity contribution is 6.35. The number of carbonyl (C=O) groups excluding carboxylic acids is 3. The van der Waals surface area contributed by atoms with E-state index in [1.54, 1.807) is 17.0 Å². The van der Waals surface area contributed by atoms with Gasteiger partial charge in [-0.05, 0) is 18.9 Å². The standard InChI is InChI=1S/C18H19N3O4/c1-25-18(24)12-4-2-3-11-13-9-21(8-7-14(13)20-15(11)12)17(23)16(22)19-10-5-6-10/h2-4,10,20H,5-9H2,1H3,(H,19,22). The number of esters is 1. The Kier molecular flexibility index (Phi) is 3.71. The molecule has 0 radical (unpaired) electrons. The van der Waals surface area contributed by atoms with E-state index >= 15 is 0 Å². The third-order valence-electron chi connectivity index (χ3n) is 4.81. The number of carbonyl (C=O) groups is 3. The molecule has 0 unspecified atom stereocenters. The summed E-state index contributed by atoms with van der Waals surface area (Å²) in [5, 5.41) is 3.63. The number of H-pyrrole nitrogens is 1. The van der Waals surface area contributed by atoms with Crippen molar-refractivity contribution in [3.63, 3.8) is 0 Å². The smallest absolute Gasteiger partial charge is 0.339 e. The van der Waals surface area contributed by atoms with Crippen molar-refractivity contribution < 1.29 is 19.1 Å². The molecule has 7 nitrogen and oxygen atoms in total. The second-order valence-corrected chi connectivity index (χ2v) is 6.53. The lowest BCUT2D eigenvalue weighted by Gasteiger charge is -2.26. The Balaban J connectivity index is 1.63. The van der Waals surface area contributed by atoms with Crippen LogP contribution in [0.4, 0.5) is 0 Å². The van der Waals surface area contributed by atoms with Gasteiger partial charge in [-0.1, -0.05) is 12.1 Å². The molecule has 0 spiro atoms. The Bertz CT molecular complexity index is 882. The van der Waals surface area contributed by atoms with Gasteiger partial charge in [-0.3, -0.25) is 9.59 Å². The molecule has 1 saturated carbocycles. The fourth-order valence-electron chi connectivity index (χ4n) is 3.31. The number of rotatable bonds is 2. The highest BCUT2D eigenvalue weighted by Crippen LogP contribution is 2.30. The molecule has 0 atom stereocenters. The summed E-state index contributed by atoms with van der Waals surface area (Å²) >= 11 is 0. The van der Waals surface area contributed by atoms with Gasteiger partial charge in [-0.25, -0.2) is 4.79 Å². The van der Waals surface area contributed by atoms with Gasteiger partial charge in [0.15, 0.2) is 0 Å². The van der Waals surface area contributed by atoms with Gasteiger partial charge in [-0.2, -0.15) is 0 Å². The number of nitrogens with zero attached hydrogens (tertiary/aromatic N) is 1. The minimum atomic E-state index is -0.527. The van der Waals surface area contributed by atoms with Crippen LogP contribution < -0.4 is 5.32 Å². The molecule has 7 heteroatoms. The molecule has 1 aromatic carbocycles. The summed E-state index contributed by atoms with van der Waals surface area (Å²) in [5.74, 6) is -1.42. The number of ether oxygens (including phenoxy) is 1. The molecule has 1 fully saturated rings. The molecule has 130 valence electrons. The topological polar surface area (TPSA) is 91.5 Å². The van der Waals surface area contributed by atoms with Gasteiger partial charge < -0.3 is 19.9 Å². The quantitative estimate of drug-likeness (QED) is 0.632. The van der Waals surface area contributed by atoms with Crippen LogP contribution in [0.5, 0.6) is 0 Å². The first-order chi connectivity index (χ1) is 12.1. The van der Waals surface area contributed by atoms with Crippen molar-refractivity contribution in [3.05, 3.63) is 35.0 Å². The SMILES string of the molecule is COC(=O)c1cccc2c3c([nH]c12)CCN(C(=O)C(=O)NC1CC1)C3. The second kappa shape index (κ2) is 5.91. The molecular formula is C18H19N3O4. The Morgan fingerprint density at radius 2 is 2.08 bits per heavy atom. The van der Waals surface area contributed by atoms with Crippen LogP contribution in [0.15, 0.2) is 18.2 Å². The zero-order valence-electron chi connectivity index (χ0n) is 13.9. The number of hydrogen-bond donors (Lipinski definition) is 2. The second-order valence-electron chi connectivity index (χ2n) is 6.53. The zero-order chi connectivity index (χ0) is 17.6. The molecule has 1 aliphatic carbocycles. The van der Waals surface area contributed by atoms with Gasteiger partial charge in [0.2, 0.25) is 0 Å². The van der Waals surface area contributed by atoms with E-state index in [2.05, 4.69) is 10.3 Å². The fourth-order valence-corrected chi connectivity index (χ4v) is 3.31. The van der Waals surface area contributed by atoms with E-state index in [1.807, 2.05) is 6.07 Å². The molecule has 1 aromatic heterocycles. The van der Waals surface area contributed by atoms with Crippen molar-refractivity contribution in [2.45, 2.75) is 31.8 Å². The van der Waals surface area contributed by atoms with Crippen LogP contribution in [0.3, 0.4) is 0 Å². The normalized spacial score (nSPS) is 16.4. The van der Waals surface area contributed by atoms with Crippen LogP contribution in [0.25, 0.3) is 10.9 Å². The van der Waals surface area contributed by atoms with Crippen LogP contribution in [-0.4, -0.2) is 47.4 Å². The summed E-state index contributed by atoms with van der Waals surface area (Å²) in [5.41, 5.74) is 3.15. The lowest BCUT2D eigenvalue weighted by molar-refractivity contribution is -0.146. The lowest BCUT2D eigenvalue weighted by Crippen LogP contribution is -2.45. The first-order valence-corrected chi connectivity index (χ1v) is 8.39. The predicted molar refractivity (Wildman–Crippen MR) is 89.9 cm³/mol. The first kappa shape index (κ1) is 15.7. The maximum atomic E-state index is 12.4. The van der Waals surface area contributed by atoms with E-state index in [-0.39, 0.29) is 6.04 Å². The molecule has 2 N–H and O–H groups in total. The molecule has 0 bridgehead atoms. The molecule has 25 heavy (non-hydrogen) atoms. The van der Waals surface area contributed by atoms with E-state index in [0.29, 0.717) is 25.1 Å². The van der Waals surface area contributed by atoms with Gasteiger partial charge in [0.25, 0.3) is 0 Å². The summed E-state index contributed by atoms with van der Waals surface area (Å²) < 4.78 is 4.83. The molecule has 0 saturated heterocycles. The maximum Gasteiger partial charge on any atom is 0.339 e. The Labute approximate surface area is 144 Å². The number of fused-ring (bicyclic) bond motifs is 3. The molecule has 4 rings (SSSR count). The number of methoxy groups -OCH3 is 1. The lowest BCUT2D eigenvalue weighted by atomic mass is 10.0. The molecular weight excluding hydrogens is 322 g/mol. The summed E-state index contributed by atoms with van der Waals surface area (Å²) in [6.07, 6.45) is 2.51. The summed E-state index contributed by atoms with van der Waals surface area (Å²) in [6, 6.07) is 5.58. The minimum Gasteiger partial charge on any atom is -0.465 e. The van der Waals surface area contributed by atoms with E-state index in [1.165, 1.54) is 7.11 Å². The van der Waals surface area contributed by atoms with Gasteiger partial charge in [0.05, 0.1) is 18.2 Å². The largest absolute Gasteiger partial charge is 0.465 e. The Hall–Kier alpha value is -2.83. The van der Waals surface area contributed by atoms with Crippen LogP contribution in [-0.2, 0) is 27.3 Å². The van der Waals surface area contributed by atoms with Gasteiger partial charge >= 0.3 is 17.8 Å². The zero-order valence-corrected chi connectivity index (χ0v) is 13.9. The van der Waals surface area contributed by atoms with Crippen molar-refractivity contribution >= 4 is 28.7 Å². The molecule has 1 aliphatic heterocycles. The van der Waals surface area contributed by atoms with Crippen LogP contribution in [0.1, 0.15) is 34.5 Å². The van der Waals surface area contributed by atoms with Gasteiger partial charge in [-0.15, -0.1) is 0 Å².